The summed E-state index contributed by atoms with van der Waals surface area (Å²) in [4.78, 5) is 28.3. The molecule has 1 aliphatic carbocycles. The normalized spacial score (nSPS) is 20.6. The van der Waals surface area contributed by atoms with Crippen LogP contribution < -0.4 is 14.8 Å². The van der Waals surface area contributed by atoms with Gasteiger partial charge >= 0.3 is 0 Å². The second-order valence-corrected chi connectivity index (χ2v) is 8.89. The van der Waals surface area contributed by atoms with Gasteiger partial charge in [-0.15, -0.1) is 0 Å². The predicted molar refractivity (Wildman–Crippen MR) is 123 cm³/mol. The molecule has 0 aromatic heterocycles. The van der Waals surface area contributed by atoms with Gasteiger partial charge in [0.25, 0.3) is 0 Å². The molecule has 7 heteroatoms. The summed E-state index contributed by atoms with van der Waals surface area (Å²) < 4.78 is 24.1. The van der Waals surface area contributed by atoms with Crippen molar-refractivity contribution in [2.24, 2.45) is 11.8 Å². The van der Waals surface area contributed by atoms with Crippen molar-refractivity contribution in [1.82, 2.24) is 10.2 Å². The van der Waals surface area contributed by atoms with E-state index in [0.717, 1.165) is 36.8 Å². The van der Waals surface area contributed by atoms with Gasteiger partial charge in [-0.25, -0.2) is 4.39 Å². The number of ether oxygens (including phenoxy) is 2. The van der Waals surface area contributed by atoms with E-state index in [9.17, 15) is 14.0 Å². The van der Waals surface area contributed by atoms with Crippen LogP contribution in [0.25, 0.3) is 0 Å². The summed E-state index contributed by atoms with van der Waals surface area (Å²) in [5.74, 6) is 0.499. The second kappa shape index (κ2) is 10.2. The van der Waals surface area contributed by atoms with E-state index in [4.69, 9.17) is 9.47 Å². The quantitative estimate of drug-likeness (QED) is 0.689. The standard InChI is InChI=1S/C26H31FN2O4/c1-32-20-11-12-21(24(13-20)33-2)22-15-29(26(31)18-5-3-4-6-18)16-23(22)25(30)28-14-17-7-9-19(27)10-8-17/h7-13,18,22-23H,3-6,14-16H2,1-2H3,(H,28,30). The van der Waals surface area contributed by atoms with Gasteiger partial charge < -0.3 is 19.7 Å². The average molecular weight is 455 g/mol. The Balaban J connectivity index is 1.56. The molecule has 1 heterocycles. The molecule has 1 aliphatic heterocycles. The first kappa shape index (κ1) is 23.1. The number of benzene rings is 2. The van der Waals surface area contributed by atoms with Crippen LogP contribution in [0, 0.1) is 17.7 Å². The molecule has 33 heavy (non-hydrogen) atoms. The van der Waals surface area contributed by atoms with Crippen LogP contribution in [-0.2, 0) is 16.1 Å². The summed E-state index contributed by atoms with van der Waals surface area (Å²) in [5.41, 5.74) is 1.71. The molecule has 0 radical (unpaired) electrons. The third-order valence-corrected chi connectivity index (χ3v) is 6.89. The Morgan fingerprint density at radius 3 is 2.42 bits per heavy atom. The molecule has 2 amide bonds. The zero-order valence-electron chi connectivity index (χ0n) is 19.2. The molecule has 2 aromatic carbocycles. The number of hydrogen-bond acceptors (Lipinski definition) is 4. The third kappa shape index (κ3) is 5.13. The third-order valence-electron chi connectivity index (χ3n) is 6.89. The highest BCUT2D eigenvalue weighted by molar-refractivity contribution is 5.84. The molecule has 2 fully saturated rings. The molecule has 2 atom stereocenters. The summed E-state index contributed by atoms with van der Waals surface area (Å²) >= 11 is 0. The molecule has 176 valence electrons. The Morgan fingerprint density at radius 1 is 1.03 bits per heavy atom. The molecule has 1 saturated carbocycles. The number of carbonyl (C=O) groups is 2. The van der Waals surface area contributed by atoms with Crippen LogP contribution in [0.3, 0.4) is 0 Å². The number of nitrogens with zero attached hydrogens (tertiary/aromatic N) is 1. The van der Waals surface area contributed by atoms with Crippen molar-refractivity contribution >= 4 is 11.8 Å². The van der Waals surface area contributed by atoms with Gasteiger partial charge in [-0.3, -0.25) is 9.59 Å². The molecular weight excluding hydrogens is 423 g/mol. The number of methoxy groups -OCH3 is 2. The molecular formula is C26H31FN2O4. The van der Waals surface area contributed by atoms with Crippen molar-refractivity contribution < 1.29 is 23.5 Å². The smallest absolute Gasteiger partial charge is 0.225 e. The fourth-order valence-electron chi connectivity index (χ4n) is 5.04. The van der Waals surface area contributed by atoms with Gasteiger partial charge in [-0.2, -0.15) is 0 Å². The highest BCUT2D eigenvalue weighted by atomic mass is 19.1. The van der Waals surface area contributed by atoms with Crippen molar-refractivity contribution in [3.63, 3.8) is 0 Å². The summed E-state index contributed by atoms with van der Waals surface area (Å²) in [6.07, 6.45) is 4.02. The number of likely N-dealkylation sites (tertiary alicyclic amines) is 1. The molecule has 0 bridgehead atoms. The van der Waals surface area contributed by atoms with Gasteiger partial charge in [-0.05, 0) is 36.6 Å². The van der Waals surface area contributed by atoms with E-state index in [1.165, 1.54) is 12.1 Å². The van der Waals surface area contributed by atoms with Crippen LogP contribution in [0.15, 0.2) is 42.5 Å². The SMILES string of the molecule is COc1ccc(C2CN(C(=O)C3CCCC3)CC2C(=O)NCc2ccc(F)cc2)c(OC)c1. The predicted octanol–water partition coefficient (Wildman–Crippen LogP) is 3.89. The molecule has 2 unspecified atom stereocenters. The van der Waals surface area contributed by atoms with Crippen molar-refractivity contribution in [2.45, 2.75) is 38.1 Å². The molecule has 2 aliphatic rings. The van der Waals surface area contributed by atoms with Crippen molar-refractivity contribution in [3.05, 3.63) is 59.4 Å². The van der Waals surface area contributed by atoms with E-state index >= 15 is 0 Å². The first-order chi connectivity index (χ1) is 16.0. The fraction of sp³-hybridized carbons (Fsp3) is 0.462. The van der Waals surface area contributed by atoms with Crippen LogP contribution in [0.1, 0.15) is 42.7 Å². The number of rotatable bonds is 7. The summed E-state index contributed by atoms with van der Waals surface area (Å²) in [6.45, 7) is 1.16. The van der Waals surface area contributed by atoms with Gasteiger partial charge in [0.2, 0.25) is 11.8 Å². The minimum absolute atomic E-state index is 0.0597. The van der Waals surface area contributed by atoms with E-state index in [0.29, 0.717) is 31.1 Å². The minimum Gasteiger partial charge on any atom is -0.497 e. The zero-order chi connectivity index (χ0) is 23.4. The Morgan fingerprint density at radius 2 is 1.76 bits per heavy atom. The van der Waals surface area contributed by atoms with Gasteiger partial charge in [0.1, 0.15) is 17.3 Å². The maximum absolute atomic E-state index is 13.3. The van der Waals surface area contributed by atoms with Crippen molar-refractivity contribution in [1.29, 1.82) is 0 Å². The van der Waals surface area contributed by atoms with E-state index < -0.39 is 5.92 Å². The molecule has 1 saturated heterocycles. The lowest BCUT2D eigenvalue weighted by Gasteiger charge is -2.21. The van der Waals surface area contributed by atoms with Crippen molar-refractivity contribution in [3.8, 4) is 11.5 Å². The first-order valence-corrected chi connectivity index (χ1v) is 11.5. The highest BCUT2D eigenvalue weighted by Crippen LogP contribution is 2.40. The van der Waals surface area contributed by atoms with Crippen LogP contribution in [0.4, 0.5) is 4.39 Å². The van der Waals surface area contributed by atoms with E-state index in [1.54, 1.807) is 26.4 Å². The topological polar surface area (TPSA) is 67.9 Å². The summed E-state index contributed by atoms with van der Waals surface area (Å²) in [6, 6.07) is 11.7. The van der Waals surface area contributed by atoms with E-state index in [-0.39, 0.29) is 29.5 Å². The maximum atomic E-state index is 13.3. The Kier molecular flexibility index (Phi) is 7.16. The maximum Gasteiger partial charge on any atom is 0.225 e. The van der Waals surface area contributed by atoms with Gasteiger partial charge in [0.15, 0.2) is 0 Å². The molecule has 4 rings (SSSR count). The Labute approximate surface area is 194 Å². The Hall–Kier alpha value is -3.09. The Bertz CT molecular complexity index is 988. The second-order valence-electron chi connectivity index (χ2n) is 8.89. The number of halogens is 1. The molecule has 6 nitrogen and oxygen atoms in total. The summed E-state index contributed by atoms with van der Waals surface area (Å²) in [7, 11) is 3.19. The fourth-order valence-corrected chi connectivity index (χ4v) is 5.04. The number of carbonyl (C=O) groups excluding carboxylic acids is 2. The molecule has 0 spiro atoms. The number of nitrogens with one attached hydrogen (secondary N) is 1. The zero-order valence-corrected chi connectivity index (χ0v) is 19.2. The molecule has 1 N–H and O–H groups in total. The van der Waals surface area contributed by atoms with Crippen LogP contribution >= 0.6 is 0 Å². The highest BCUT2D eigenvalue weighted by Gasteiger charge is 2.43. The lowest BCUT2D eigenvalue weighted by atomic mass is 9.87. The van der Waals surface area contributed by atoms with Crippen molar-refractivity contribution in [2.75, 3.05) is 27.3 Å². The average Bonchev–Trinajstić information content (AvgIpc) is 3.53. The largest absolute Gasteiger partial charge is 0.497 e. The lowest BCUT2D eigenvalue weighted by molar-refractivity contribution is -0.134. The monoisotopic (exact) mass is 454 g/mol. The summed E-state index contributed by atoms with van der Waals surface area (Å²) in [5, 5.41) is 2.98. The van der Waals surface area contributed by atoms with Crippen LogP contribution in [0.2, 0.25) is 0 Å². The van der Waals surface area contributed by atoms with Gasteiger partial charge in [0.05, 0.1) is 20.1 Å². The van der Waals surface area contributed by atoms with Crippen LogP contribution in [0.5, 0.6) is 11.5 Å². The van der Waals surface area contributed by atoms with Gasteiger partial charge in [-0.1, -0.05) is 31.0 Å². The lowest BCUT2D eigenvalue weighted by Crippen LogP contribution is -2.36. The van der Waals surface area contributed by atoms with E-state index in [1.807, 2.05) is 23.1 Å². The van der Waals surface area contributed by atoms with Gasteiger partial charge in [0, 0.05) is 43.1 Å². The molecule has 2 aromatic rings. The number of hydrogen-bond donors (Lipinski definition) is 1. The van der Waals surface area contributed by atoms with Crippen LogP contribution in [-0.4, -0.2) is 44.0 Å². The first-order valence-electron chi connectivity index (χ1n) is 11.5. The minimum atomic E-state index is -0.405. The van der Waals surface area contributed by atoms with E-state index in [2.05, 4.69) is 5.32 Å². The number of amides is 2.